The Bertz CT molecular complexity index is 118. The molecule has 1 aliphatic carbocycles. The lowest BCUT2D eigenvalue weighted by Crippen LogP contribution is -2.37. The monoisotopic (exact) mass is 186 g/mol. The summed E-state index contributed by atoms with van der Waals surface area (Å²) in [6.45, 7) is 8.04. The van der Waals surface area contributed by atoms with Gasteiger partial charge in [-0.25, -0.2) is 0 Å². The molecule has 2 nitrogen and oxygen atoms in total. The highest BCUT2D eigenvalue weighted by atomic mass is 16.5. The summed E-state index contributed by atoms with van der Waals surface area (Å²) in [6, 6.07) is 0. The Kier molecular flexibility index (Phi) is 4.74. The van der Waals surface area contributed by atoms with Crippen LogP contribution in [0.4, 0.5) is 0 Å². The van der Waals surface area contributed by atoms with Crippen LogP contribution in [0.3, 0.4) is 0 Å². The Labute approximate surface area is 81.6 Å². The number of rotatable bonds is 4. The average Bonchev–Trinajstić information content (AvgIpc) is 2.13. The molecule has 0 aromatic carbocycles. The lowest BCUT2D eigenvalue weighted by atomic mass is 9.85. The molecule has 78 valence electrons. The van der Waals surface area contributed by atoms with E-state index in [1.807, 2.05) is 0 Å². The van der Waals surface area contributed by atoms with Crippen LogP contribution in [-0.2, 0) is 9.47 Å². The highest BCUT2D eigenvalue weighted by Crippen LogP contribution is 2.28. The quantitative estimate of drug-likeness (QED) is 0.672. The SMILES string of the molecule is CCO[C@H]1CCC[C@@H](OCC)C1C. The van der Waals surface area contributed by atoms with Gasteiger partial charge in [-0.05, 0) is 33.1 Å². The first-order chi connectivity index (χ1) is 6.29. The van der Waals surface area contributed by atoms with Crippen molar-refractivity contribution < 1.29 is 9.47 Å². The molecule has 0 aromatic rings. The second-order valence-electron chi connectivity index (χ2n) is 3.78. The van der Waals surface area contributed by atoms with Gasteiger partial charge < -0.3 is 9.47 Å². The fourth-order valence-electron chi connectivity index (χ4n) is 2.18. The Morgan fingerprint density at radius 1 is 1.00 bits per heavy atom. The minimum atomic E-state index is 0.426. The van der Waals surface area contributed by atoms with Crippen LogP contribution < -0.4 is 0 Å². The lowest BCUT2D eigenvalue weighted by molar-refractivity contribution is -0.0801. The summed E-state index contributed by atoms with van der Waals surface area (Å²) in [4.78, 5) is 0. The molecule has 0 aliphatic heterocycles. The highest BCUT2D eigenvalue weighted by Gasteiger charge is 2.30. The second-order valence-corrected chi connectivity index (χ2v) is 3.78. The first-order valence-electron chi connectivity index (χ1n) is 5.52. The van der Waals surface area contributed by atoms with Crippen LogP contribution in [0.15, 0.2) is 0 Å². The smallest absolute Gasteiger partial charge is 0.0625 e. The Morgan fingerprint density at radius 3 is 1.85 bits per heavy atom. The molecule has 3 atom stereocenters. The van der Waals surface area contributed by atoms with E-state index in [0.29, 0.717) is 18.1 Å². The Hall–Kier alpha value is -0.0800. The maximum Gasteiger partial charge on any atom is 0.0625 e. The standard InChI is InChI=1S/C11H22O2/c1-4-12-10-7-6-8-11(9(10)3)13-5-2/h9-11H,4-8H2,1-3H3/t9?,10-,11+. The third kappa shape index (κ3) is 2.96. The molecule has 1 fully saturated rings. The normalized spacial score (nSPS) is 34.8. The molecule has 0 heterocycles. The predicted octanol–water partition coefficient (Wildman–Crippen LogP) is 2.62. The predicted molar refractivity (Wildman–Crippen MR) is 53.8 cm³/mol. The van der Waals surface area contributed by atoms with Crippen LogP contribution in [-0.4, -0.2) is 25.4 Å². The molecule has 0 aromatic heterocycles. The van der Waals surface area contributed by atoms with Crippen molar-refractivity contribution in [1.82, 2.24) is 0 Å². The van der Waals surface area contributed by atoms with Crippen LogP contribution in [0.2, 0.25) is 0 Å². The summed E-state index contributed by atoms with van der Waals surface area (Å²) in [5, 5.41) is 0. The van der Waals surface area contributed by atoms with Crippen molar-refractivity contribution in [3.63, 3.8) is 0 Å². The van der Waals surface area contributed by atoms with E-state index >= 15 is 0 Å². The van der Waals surface area contributed by atoms with Gasteiger partial charge in [-0.1, -0.05) is 6.92 Å². The van der Waals surface area contributed by atoms with Crippen molar-refractivity contribution in [3.8, 4) is 0 Å². The maximum atomic E-state index is 5.69. The van der Waals surface area contributed by atoms with Gasteiger partial charge in [-0.3, -0.25) is 0 Å². The summed E-state index contributed by atoms with van der Waals surface area (Å²) >= 11 is 0. The van der Waals surface area contributed by atoms with Crippen LogP contribution in [0.1, 0.15) is 40.0 Å². The van der Waals surface area contributed by atoms with Crippen molar-refractivity contribution >= 4 is 0 Å². The van der Waals surface area contributed by atoms with Crippen molar-refractivity contribution in [3.05, 3.63) is 0 Å². The molecular formula is C11H22O2. The van der Waals surface area contributed by atoms with Crippen molar-refractivity contribution in [1.29, 1.82) is 0 Å². The van der Waals surface area contributed by atoms with E-state index in [0.717, 1.165) is 13.2 Å². The largest absolute Gasteiger partial charge is 0.378 e. The molecule has 0 bridgehead atoms. The van der Waals surface area contributed by atoms with E-state index in [9.17, 15) is 0 Å². The summed E-state index contributed by atoms with van der Waals surface area (Å²) < 4.78 is 11.4. The zero-order valence-electron chi connectivity index (χ0n) is 9.08. The van der Waals surface area contributed by atoms with Gasteiger partial charge in [0.15, 0.2) is 0 Å². The van der Waals surface area contributed by atoms with Gasteiger partial charge in [0.2, 0.25) is 0 Å². The Balaban J connectivity index is 2.40. The maximum absolute atomic E-state index is 5.69. The lowest BCUT2D eigenvalue weighted by Gasteiger charge is -2.35. The molecule has 0 N–H and O–H groups in total. The zero-order chi connectivity index (χ0) is 9.68. The molecule has 13 heavy (non-hydrogen) atoms. The van der Waals surface area contributed by atoms with E-state index in [1.54, 1.807) is 0 Å². The van der Waals surface area contributed by atoms with Crippen LogP contribution >= 0.6 is 0 Å². The minimum absolute atomic E-state index is 0.426. The summed E-state index contributed by atoms with van der Waals surface area (Å²) in [5.41, 5.74) is 0. The fourth-order valence-corrected chi connectivity index (χ4v) is 2.18. The minimum Gasteiger partial charge on any atom is -0.378 e. The van der Waals surface area contributed by atoms with Crippen LogP contribution in [0.25, 0.3) is 0 Å². The number of hydrogen-bond acceptors (Lipinski definition) is 2. The molecule has 1 aliphatic rings. The molecule has 1 rings (SSSR count). The van der Waals surface area contributed by atoms with Crippen LogP contribution in [0, 0.1) is 5.92 Å². The summed E-state index contributed by atoms with van der Waals surface area (Å²) in [6.07, 6.45) is 4.52. The van der Waals surface area contributed by atoms with E-state index in [2.05, 4.69) is 20.8 Å². The molecule has 0 saturated heterocycles. The molecule has 1 saturated carbocycles. The first-order valence-corrected chi connectivity index (χ1v) is 5.52. The van der Waals surface area contributed by atoms with Crippen LogP contribution in [0.5, 0.6) is 0 Å². The summed E-state index contributed by atoms with van der Waals surface area (Å²) in [5.74, 6) is 0.564. The molecular weight excluding hydrogens is 164 g/mol. The van der Waals surface area contributed by atoms with Crippen molar-refractivity contribution in [2.45, 2.75) is 52.2 Å². The first kappa shape index (κ1) is 11.0. The average molecular weight is 186 g/mol. The third-order valence-corrected chi connectivity index (χ3v) is 2.91. The molecule has 0 spiro atoms. The van der Waals surface area contributed by atoms with E-state index < -0.39 is 0 Å². The van der Waals surface area contributed by atoms with E-state index in [-0.39, 0.29) is 0 Å². The van der Waals surface area contributed by atoms with Gasteiger partial charge in [0, 0.05) is 19.1 Å². The fraction of sp³-hybridized carbons (Fsp3) is 1.00. The van der Waals surface area contributed by atoms with Gasteiger partial charge in [-0.2, -0.15) is 0 Å². The second kappa shape index (κ2) is 5.61. The molecule has 2 heteroatoms. The van der Waals surface area contributed by atoms with E-state index in [1.165, 1.54) is 19.3 Å². The highest BCUT2D eigenvalue weighted by molar-refractivity contribution is 4.80. The van der Waals surface area contributed by atoms with Gasteiger partial charge >= 0.3 is 0 Å². The van der Waals surface area contributed by atoms with E-state index in [4.69, 9.17) is 9.47 Å². The number of hydrogen-bond donors (Lipinski definition) is 0. The van der Waals surface area contributed by atoms with Gasteiger partial charge in [0.25, 0.3) is 0 Å². The summed E-state index contributed by atoms with van der Waals surface area (Å²) in [7, 11) is 0. The van der Waals surface area contributed by atoms with Gasteiger partial charge in [0.05, 0.1) is 12.2 Å². The molecule has 1 unspecified atom stereocenters. The molecule has 0 radical (unpaired) electrons. The third-order valence-electron chi connectivity index (χ3n) is 2.91. The topological polar surface area (TPSA) is 18.5 Å². The molecule has 0 amide bonds. The van der Waals surface area contributed by atoms with Crippen molar-refractivity contribution in [2.75, 3.05) is 13.2 Å². The number of ether oxygens (including phenoxy) is 2. The zero-order valence-corrected chi connectivity index (χ0v) is 9.08. The van der Waals surface area contributed by atoms with Crippen molar-refractivity contribution in [2.24, 2.45) is 5.92 Å². The van der Waals surface area contributed by atoms with Gasteiger partial charge in [0.1, 0.15) is 0 Å². The Morgan fingerprint density at radius 2 is 1.46 bits per heavy atom. The van der Waals surface area contributed by atoms with Gasteiger partial charge in [-0.15, -0.1) is 0 Å².